The number of nitrogens with zero attached hydrogens (tertiary/aromatic N) is 4. The highest BCUT2D eigenvalue weighted by Gasteiger charge is 2.20. The first-order chi connectivity index (χ1) is 12.6. The number of rotatable bonds is 6. The summed E-state index contributed by atoms with van der Waals surface area (Å²) in [5, 5.41) is 13.1. The Balaban J connectivity index is 0.00000261. The van der Waals surface area contributed by atoms with E-state index in [0.717, 1.165) is 42.6 Å². The van der Waals surface area contributed by atoms with Gasteiger partial charge in [0.15, 0.2) is 11.1 Å². The van der Waals surface area contributed by atoms with Gasteiger partial charge in [0.2, 0.25) is 0 Å². The molecule has 1 unspecified atom stereocenters. The molecule has 0 spiro atoms. The second-order valence-electron chi connectivity index (χ2n) is 6.27. The number of guanidine groups is 1. The van der Waals surface area contributed by atoms with Crippen LogP contribution in [0.1, 0.15) is 5.56 Å². The summed E-state index contributed by atoms with van der Waals surface area (Å²) in [6.07, 6.45) is 1.13. The monoisotopic (exact) mass is 503 g/mol. The van der Waals surface area contributed by atoms with Crippen molar-refractivity contribution in [3.63, 3.8) is 0 Å². The number of hydrogen-bond acceptors (Lipinski definition) is 6. The highest BCUT2D eigenvalue weighted by molar-refractivity contribution is 14.0. The minimum absolute atomic E-state index is 0. The second-order valence-corrected chi connectivity index (χ2v) is 7.14. The van der Waals surface area contributed by atoms with Crippen molar-refractivity contribution in [3.05, 3.63) is 41.4 Å². The zero-order chi connectivity index (χ0) is 18.4. The molecule has 1 atom stereocenters. The van der Waals surface area contributed by atoms with Crippen LogP contribution in [0.15, 0.2) is 40.8 Å². The molecule has 3 rings (SSSR count). The van der Waals surface area contributed by atoms with E-state index >= 15 is 0 Å². The number of nitrogens with two attached hydrogens (primary N) is 1. The number of aliphatic imine (C=N–C) groups is 1. The standard InChI is InChI=1S/C18H25N5O2S.HI/c1-14-3-2-4-16(11-14)25-13-15(24)12-21-17(19)22-6-8-23(9-7-22)18-20-5-10-26-18;/h2-5,10-11,15,24H,6-9,12-13H2,1H3,(H2,19,21);1H. The van der Waals surface area contributed by atoms with Gasteiger partial charge in [0, 0.05) is 37.8 Å². The minimum atomic E-state index is -0.689. The smallest absolute Gasteiger partial charge is 0.191 e. The number of benzene rings is 1. The quantitative estimate of drug-likeness (QED) is 0.356. The van der Waals surface area contributed by atoms with E-state index in [4.69, 9.17) is 10.5 Å². The molecule has 27 heavy (non-hydrogen) atoms. The second kappa shape index (κ2) is 10.7. The predicted molar refractivity (Wildman–Crippen MR) is 120 cm³/mol. The van der Waals surface area contributed by atoms with E-state index in [2.05, 4.69) is 14.9 Å². The highest BCUT2D eigenvalue weighted by atomic mass is 127. The third-order valence-electron chi connectivity index (χ3n) is 4.19. The van der Waals surface area contributed by atoms with Gasteiger partial charge in [0.1, 0.15) is 18.5 Å². The number of aryl methyl sites for hydroxylation is 1. The van der Waals surface area contributed by atoms with Crippen LogP contribution in [0.4, 0.5) is 5.13 Å². The number of aliphatic hydroxyl groups excluding tert-OH is 1. The molecule has 9 heteroatoms. The van der Waals surface area contributed by atoms with Crippen molar-refractivity contribution in [1.82, 2.24) is 9.88 Å². The molecule has 0 radical (unpaired) electrons. The van der Waals surface area contributed by atoms with Crippen LogP contribution >= 0.6 is 35.3 Å². The van der Waals surface area contributed by atoms with E-state index in [9.17, 15) is 5.11 Å². The summed E-state index contributed by atoms with van der Waals surface area (Å²) in [6, 6.07) is 7.74. The number of thiazole rings is 1. The number of ether oxygens (including phenoxy) is 1. The molecule has 0 aliphatic carbocycles. The van der Waals surface area contributed by atoms with Crippen LogP contribution in [-0.2, 0) is 0 Å². The molecule has 1 aliphatic heterocycles. The van der Waals surface area contributed by atoms with E-state index in [1.807, 2.05) is 47.7 Å². The van der Waals surface area contributed by atoms with Gasteiger partial charge < -0.3 is 25.4 Å². The largest absolute Gasteiger partial charge is 0.491 e. The summed E-state index contributed by atoms with van der Waals surface area (Å²) in [4.78, 5) is 13.0. The number of hydrogen-bond donors (Lipinski definition) is 2. The van der Waals surface area contributed by atoms with Gasteiger partial charge in [-0.15, -0.1) is 35.3 Å². The van der Waals surface area contributed by atoms with Crippen LogP contribution in [0.5, 0.6) is 5.75 Å². The summed E-state index contributed by atoms with van der Waals surface area (Å²) in [5.41, 5.74) is 7.20. The Labute approximate surface area is 180 Å². The molecular weight excluding hydrogens is 477 g/mol. The van der Waals surface area contributed by atoms with Crippen molar-refractivity contribution in [3.8, 4) is 5.75 Å². The Morgan fingerprint density at radius 3 is 2.81 bits per heavy atom. The van der Waals surface area contributed by atoms with Gasteiger partial charge in [-0.05, 0) is 24.6 Å². The molecule has 3 N–H and O–H groups in total. The summed E-state index contributed by atoms with van der Waals surface area (Å²) in [6.45, 7) is 5.74. The average Bonchev–Trinajstić information content (AvgIpc) is 3.19. The van der Waals surface area contributed by atoms with Gasteiger partial charge >= 0.3 is 0 Å². The average molecular weight is 503 g/mol. The predicted octanol–water partition coefficient (Wildman–Crippen LogP) is 1.95. The normalized spacial score (nSPS) is 16.0. The van der Waals surface area contributed by atoms with Crippen LogP contribution < -0.4 is 15.4 Å². The molecule has 7 nitrogen and oxygen atoms in total. The molecule has 2 aromatic rings. The van der Waals surface area contributed by atoms with E-state index in [0.29, 0.717) is 5.96 Å². The molecule has 2 heterocycles. The first kappa shape index (κ1) is 21.7. The van der Waals surface area contributed by atoms with Gasteiger partial charge in [-0.2, -0.15) is 0 Å². The SMILES string of the molecule is Cc1cccc(OCC(O)CN=C(N)N2CCN(c3nccs3)CC2)c1.I. The fraction of sp³-hybridized carbons (Fsp3) is 0.444. The molecule has 1 aromatic carbocycles. The molecule has 1 saturated heterocycles. The molecule has 0 bridgehead atoms. The van der Waals surface area contributed by atoms with Gasteiger partial charge in [-0.25, -0.2) is 4.98 Å². The Kier molecular flexibility index (Phi) is 8.58. The lowest BCUT2D eigenvalue weighted by molar-refractivity contribution is 0.114. The number of piperazine rings is 1. The van der Waals surface area contributed by atoms with E-state index in [-0.39, 0.29) is 37.1 Å². The lowest BCUT2D eigenvalue weighted by Crippen LogP contribution is -2.51. The van der Waals surface area contributed by atoms with Gasteiger partial charge in [0.25, 0.3) is 0 Å². The maximum absolute atomic E-state index is 10.1. The maximum Gasteiger partial charge on any atom is 0.191 e. The topological polar surface area (TPSA) is 87.2 Å². The zero-order valence-corrected chi connectivity index (χ0v) is 18.5. The summed E-state index contributed by atoms with van der Waals surface area (Å²) < 4.78 is 5.60. The van der Waals surface area contributed by atoms with Crippen LogP contribution in [0, 0.1) is 6.92 Å². The molecule has 148 valence electrons. The van der Waals surface area contributed by atoms with Crippen molar-refractivity contribution in [2.24, 2.45) is 10.7 Å². The molecular formula is C18H26IN5O2S. The number of aromatic nitrogens is 1. The first-order valence-corrected chi connectivity index (χ1v) is 9.56. The molecule has 1 aromatic heterocycles. The number of halogens is 1. The van der Waals surface area contributed by atoms with Gasteiger partial charge in [0.05, 0.1) is 6.54 Å². The molecule has 1 aliphatic rings. The van der Waals surface area contributed by atoms with Crippen molar-refractivity contribution < 1.29 is 9.84 Å². The molecule has 1 fully saturated rings. The third kappa shape index (κ3) is 6.51. The van der Waals surface area contributed by atoms with E-state index in [1.165, 1.54) is 0 Å². The minimum Gasteiger partial charge on any atom is -0.491 e. The van der Waals surface area contributed by atoms with Gasteiger partial charge in [-0.1, -0.05) is 12.1 Å². The summed E-state index contributed by atoms with van der Waals surface area (Å²) in [7, 11) is 0. The van der Waals surface area contributed by atoms with Crippen LogP contribution in [0.2, 0.25) is 0 Å². The zero-order valence-electron chi connectivity index (χ0n) is 15.3. The Hall–Kier alpha value is -1.59. The summed E-state index contributed by atoms with van der Waals surface area (Å²) >= 11 is 1.65. The number of anilines is 1. The van der Waals surface area contributed by atoms with E-state index in [1.54, 1.807) is 11.3 Å². The lowest BCUT2D eigenvalue weighted by Gasteiger charge is -2.35. The molecule has 0 saturated carbocycles. The number of aliphatic hydroxyl groups is 1. The van der Waals surface area contributed by atoms with Crippen LogP contribution in [0.3, 0.4) is 0 Å². The Bertz CT molecular complexity index is 720. The summed E-state index contributed by atoms with van der Waals surface area (Å²) in [5.74, 6) is 1.22. The van der Waals surface area contributed by atoms with Crippen molar-refractivity contribution in [2.45, 2.75) is 13.0 Å². The Morgan fingerprint density at radius 1 is 1.37 bits per heavy atom. The molecule has 0 amide bonds. The first-order valence-electron chi connectivity index (χ1n) is 8.68. The lowest BCUT2D eigenvalue weighted by atomic mass is 10.2. The highest BCUT2D eigenvalue weighted by Crippen LogP contribution is 2.18. The maximum atomic E-state index is 10.1. The fourth-order valence-electron chi connectivity index (χ4n) is 2.75. The van der Waals surface area contributed by atoms with Crippen molar-refractivity contribution in [2.75, 3.05) is 44.2 Å². The Morgan fingerprint density at radius 2 is 2.15 bits per heavy atom. The fourth-order valence-corrected chi connectivity index (χ4v) is 3.44. The van der Waals surface area contributed by atoms with Crippen LogP contribution in [-0.4, -0.2) is 66.4 Å². The van der Waals surface area contributed by atoms with Crippen molar-refractivity contribution >= 4 is 46.4 Å². The van der Waals surface area contributed by atoms with Crippen LogP contribution in [0.25, 0.3) is 0 Å². The van der Waals surface area contributed by atoms with Crippen molar-refractivity contribution in [1.29, 1.82) is 0 Å². The third-order valence-corrected chi connectivity index (χ3v) is 5.02. The van der Waals surface area contributed by atoms with E-state index < -0.39 is 6.10 Å². The van der Waals surface area contributed by atoms with Gasteiger partial charge in [-0.3, -0.25) is 4.99 Å².